The van der Waals surface area contributed by atoms with E-state index in [0.29, 0.717) is 12.3 Å². The molecular formula is C30H35NO4S. The monoisotopic (exact) mass is 505 g/mol. The van der Waals surface area contributed by atoms with Crippen LogP contribution in [0.3, 0.4) is 0 Å². The molecule has 36 heavy (non-hydrogen) atoms. The highest BCUT2D eigenvalue weighted by molar-refractivity contribution is 7.93. The lowest BCUT2D eigenvalue weighted by Crippen LogP contribution is -2.35. The second-order valence-corrected chi connectivity index (χ2v) is 10.6. The molecule has 0 N–H and O–H groups in total. The number of carbonyl (C=O) groups is 1. The van der Waals surface area contributed by atoms with Crippen molar-refractivity contribution in [2.24, 2.45) is 0 Å². The van der Waals surface area contributed by atoms with E-state index in [1.165, 1.54) is 18.2 Å². The van der Waals surface area contributed by atoms with E-state index in [4.69, 9.17) is 4.74 Å². The lowest BCUT2D eigenvalue weighted by molar-refractivity contribution is -0.113. The first kappa shape index (κ1) is 27.2. The maximum atomic E-state index is 13.6. The van der Waals surface area contributed by atoms with Gasteiger partial charge in [-0.05, 0) is 79.8 Å². The molecule has 0 aliphatic rings. The van der Waals surface area contributed by atoms with Crippen LogP contribution in [0.4, 0.5) is 5.69 Å². The molecule has 3 aromatic rings. The minimum absolute atomic E-state index is 0.0680. The van der Waals surface area contributed by atoms with Gasteiger partial charge in [-0.3, -0.25) is 4.79 Å². The molecule has 5 nitrogen and oxygen atoms in total. The van der Waals surface area contributed by atoms with E-state index in [1.807, 2.05) is 43.3 Å². The van der Waals surface area contributed by atoms with Gasteiger partial charge in [0, 0.05) is 6.08 Å². The van der Waals surface area contributed by atoms with Crippen LogP contribution in [0.2, 0.25) is 0 Å². The van der Waals surface area contributed by atoms with Gasteiger partial charge in [0.05, 0.1) is 17.2 Å². The fraction of sp³-hybridized carbons (Fsp3) is 0.300. The number of unbranched alkanes of at least 4 members (excludes halogenated alkanes) is 2. The SMILES string of the molecule is CCCCOc1ccc(/C=C/C(=O)N(c2ccc(CCCC)cc2)S(=O)(=O)c2ccc(C)cc2)cc1. The topological polar surface area (TPSA) is 63.7 Å². The van der Waals surface area contributed by atoms with Gasteiger partial charge in [0.15, 0.2) is 0 Å². The highest BCUT2D eigenvalue weighted by Crippen LogP contribution is 2.26. The van der Waals surface area contributed by atoms with Gasteiger partial charge in [0.2, 0.25) is 0 Å². The van der Waals surface area contributed by atoms with E-state index in [1.54, 1.807) is 30.3 Å². The van der Waals surface area contributed by atoms with Crippen LogP contribution in [0.1, 0.15) is 56.2 Å². The molecule has 190 valence electrons. The molecule has 3 aromatic carbocycles. The third-order valence-corrected chi connectivity index (χ3v) is 7.55. The maximum Gasteiger partial charge on any atom is 0.271 e. The van der Waals surface area contributed by atoms with E-state index in [0.717, 1.165) is 58.8 Å². The van der Waals surface area contributed by atoms with Crippen LogP contribution in [-0.2, 0) is 21.2 Å². The lowest BCUT2D eigenvalue weighted by atomic mass is 10.1. The Morgan fingerprint density at radius 1 is 0.861 bits per heavy atom. The summed E-state index contributed by atoms with van der Waals surface area (Å²) < 4.78 is 33.7. The molecule has 0 saturated carbocycles. The Labute approximate surface area is 215 Å². The van der Waals surface area contributed by atoms with Crippen molar-refractivity contribution in [3.63, 3.8) is 0 Å². The molecule has 0 aromatic heterocycles. The fourth-order valence-electron chi connectivity index (χ4n) is 3.62. The van der Waals surface area contributed by atoms with Crippen molar-refractivity contribution in [2.75, 3.05) is 10.9 Å². The zero-order valence-electron chi connectivity index (χ0n) is 21.3. The summed E-state index contributed by atoms with van der Waals surface area (Å²) in [6, 6.07) is 21.0. The van der Waals surface area contributed by atoms with E-state index < -0.39 is 15.9 Å². The number of hydrogen-bond acceptors (Lipinski definition) is 4. The lowest BCUT2D eigenvalue weighted by Gasteiger charge is -2.22. The van der Waals surface area contributed by atoms with E-state index in [2.05, 4.69) is 13.8 Å². The molecule has 6 heteroatoms. The molecule has 0 aliphatic heterocycles. The Balaban J connectivity index is 1.88. The molecule has 0 fully saturated rings. The van der Waals surface area contributed by atoms with E-state index in [9.17, 15) is 13.2 Å². The average molecular weight is 506 g/mol. The zero-order valence-corrected chi connectivity index (χ0v) is 22.1. The Bertz CT molecular complexity index is 1250. The minimum atomic E-state index is -4.11. The quantitative estimate of drug-likeness (QED) is 0.197. The van der Waals surface area contributed by atoms with E-state index in [-0.39, 0.29) is 4.90 Å². The van der Waals surface area contributed by atoms with Crippen LogP contribution in [0.5, 0.6) is 5.75 Å². The number of anilines is 1. The summed E-state index contributed by atoms with van der Waals surface area (Å²) in [4.78, 5) is 13.4. The Morgan fingerprint density at radius 3 is 2.11 bits per heavy atom. The highest BCUT2D eigenvalue weighted by Gasteiger charge is 2.29. The molecular weight excluding hydrogens is 470 g/mol. The Kier molecular flexibility index (Phi) is 9.88. The molecule has 0 heterocycles. The van der Waals surface area contributed by atoms with Crippen molar-refractivity contribution in [3.05, 3.63) is 95.6 Å². The number of ether oxygens (including phenoxy) is 1. The van der Waals surface area contributed by atoms with Gasteiger partial charge >= 0.3 is 0 Å². The summed E-state index contributed by atoms with van der Waals surface area (Å²) in [5, 5.41) is 0. The van der Waals surface area contributed by atoms with Gasteiger partial charge in [0.1, 0.15) is 5.75 Å². The van der Waals surface area contributed by atoms with Gasteiger partial charge in [-0.2, -0.15) is 4.31 Å². The second-order valence-electron chi connectivity index (χ2n) is 8.80. The summed E-state index contributed by atoms with van der Waals surface area (Å²) in [5.74, 6) is 0.124. The first-order valence-corrected chi connectivity index (χ1v) is 13.9. The molecule has 1 amide bonds. The summed E-state index contributed by atoms with van der Waals surface area (Å²) >= 11 is 0. The highest BCUT2D eigenvalue weighted by atomic mass is 32.2. The van der Waals surface area contributed by atoms with Crippen LogP contribution in [-0.4, -0.2) is 20.9 Å². The third-order valence-electron chi connectivity index (χ3n) is 5.81. The molecule has 0 radical (unpaired) electrons. The third kappa shape index (κ3) is 7.31. The van der Waals surface area contributed by atoms with Crippen LogP contribution in [0, 0.1) is 6.92 Å². The van der Waals surface area contributed by atoms with Crippen molar-refractivity contribution in [3.8, 4) is 5.75 Å². The first-order chi connectivity index (χ1) is 17.3. The molecule has 0 atom stereocenters. The number of amides is 1. The van der Waals surface area contributed by atoms with Gasteiger partial charge in [-0.25, -0.2) is 8.42 Å². The van der Waals surface area contributed by atoms with Gasteiger partial charge in [-0.1, -0.05) is 68.7 Å². The van der Waals surface area contributed by atoms with Crippen molar-refractivity contribution < 1.29 is 17.9 Å². The first-order valence-electron chi connectivity index (χ1n) is 12.5. The van der Waals surface area contributed by atoms with Crippen molar-refractivity contribution in [1.29, 1.82) is 0 Å². The molecule has 0 unspecified atom stereocenters. The van der Waals surface area contributed by atoms with Gasteiger partial charge in [0.25, 0.3) is 15.9 Å². The zero-order chi connectivity index (χ0) is 26.0. The summed E-state index contributed by atoms with van der Waals surface area (Å²) in [7, 11) is -4.11. The predicted octanol–water partition coefficient (Wildman–Crippen LogP) is 6.95. The summed E-state index contributed by atoms with van der Waals surface area (Å²) in [5.41, 5.74) is 3.13. The van der Waals surface area contributed by atoms with Crippen LogP contribution in [0.15, 0.2) is 83.8 Å². The number of rotatable bonds is 12. The fourth-order valence-corrected chi connectivity index (χ4v) is 5.01. The summed E-state index contributed by atoms with van der Waals surface area (Å²) in [6.07, 6.45) is 8.00. The number of hydrogen-bond donors (Lipinski definition) is 0. The normalized spacial score (nSPS) is 11.5. The largest absolute Gasteiger partial charge is 0.494 e. The molecule has 0 bridgehead atoms. The maximum absolute atomic E-state index is 13.6. The predicted molar refractivity (Wildman–Crippen MR) is 147 cm³/mol. The van der Waals surface area contributed by atoms with Crippen molar-refractivity contribution >= 4 is 27.7 Å². The van der Waals surface area contributed by atoms with Crippen molar-refractivity contribution in [1.82, 2.24) is 0 Å². The minimum Gasteiger partial charge on any atom is -0.494 e. The molecule has 0 aliphatic carbocycles. The molecule has 3 rings (SSSR count). The van der Waals surface area contributed by atoms with Crippen LogP contribution < -0.4 is 9.04 Å². The second kappa shape index (κ2) is 13.1. The Hall–Kier alpha value is -3.38. The van der Waals surface area contributed by atoms with Gasteiger partial charge < -0.3 is 4.74 Å². The average Bonchev–Trinajstić information content (AvgIpc) is 2.88. The molecule has 0 spiro atoms. The van der Waals surface area contributed by atoms with Crippen LogP contribution >= 0.6 is 0 Å². The Morgan fingerprint density at radius 2 is 1.50 bits per heavy atom. The number of sulfonamides is 1. The number of benzene rings is 3. The smallest absolute Gasteiger partial charge is 0.271 e. The van der Waals surface area contributed by atoms with E-state index >= 15 is 0 Å². The summed E-state index contributed by atoms with van der Waals surface area (Å²) in [6.45, 7) is 6.78. The standard InChI is InChI=1S/C30H35NO4S/c1-4-6-8-25-11-16-27(17-12-25)31(36(33,34)29-20-9-24(3)10-21-29)30(32)22-15-26-13-18-28(19-14-26)35-23-7-5-2/h9-22H,4-8,23H2,1-3H3/b22-15+. The van der Waals surface area contributed by atoms with Crippen molar-refractivity contribution in [2.45, 2.75) is 57.8 Å². The number of aryl methyl sites for hydroxylation is 2. The number of nitrogens with zero attached hydrogens (tertiary/aromatic N) is 1. The molecule has 0 saturated heterocycles. The van der Waals surface area contributed by atoms with Gasteiger partial charge in [-0.15, -0.1) is 0 Å². The number of carbonyl (C=O) groups excluding carboxylic acids is 1. The van der Waals surface area contributed by atoms with Crippen LogP contribution in [0.25, 0.3) is 6.08 Å².